The smallest absolute Gasteiger partial charge is 0.222 e. The summed E-state index contributed by atoms with van der Waals surface area (Å²) in [5, 5.41) is 11.3. The first-order valence-electron chi connectivity index (χ1n) is 4.66. The van der Waals surface area contributed by atoms with Crippen molar-refractivity contribution in [3.8, 4) is 0 Å². The van der Waals surface area contributed by atoms with Gasteiger partial charge in [0.15, 0.2) is 0 Å². The summed E-state index contributed by atoms with van der Waals surface area (Å²) in [6.45, 7) is 2.44. The van der Waals surface area contributed by atoms with Crippen molar-refractivity contribution >= 4 is 5.91 Å². The molecule has 1 aromatic rings. The van der Waals surface area contributed by atoms with Gasteiger partial charge in [-0.05, 0) is 18.1 Å². The summed E-state index contributed by atoms with van der Waals surface area (Å²) in [7, 11) is 0. The number of hydrogen-bond acceptors (Lipinski definition) is 2. The Hall–Kier alpha value is -1.35. The Morgan fingerprint density at radius 2 is 2.14 bits per heavy atom. The molecule has 0 atom stereocenters. The number of hydrogen-bond donors (Lipinski definition) is 2. The third-order valence-corrected chi connectivity index (χ3v) is 2.08. The van der Waals surface area contributed by atoms with Crippen molar-refractivity contribution in [3.05, 3.63) is 35.4 Å². The molecule has 3 heteroatoms. The molecule has 1 rings (SSSR count). The van der Waals surface area contributed by atoms with Gasteiger partial charge in [-0.15, -0.1) is 0 Å². The van der Waals surface area contributed by atoms with Gasteiger partial charge in [0, 0.05) is 13.0 Å². The van der Waals surface area contributed by atoms with Gasteiger partial charge in [0.25, 0.3) is 0 Å². The van der Waals surface area contributed by atoms with Crippen LogP contribution in [0.1, 0.15) is 17.5 Å². The number of aryl methyl sites for hydroxylation is 1. The Bertz CT molecular complexity index is 310. The van der Waals surface area contributed by atoms with Gasteiger partial charge in [-0.25, -0.2) is 0 Å². The van der Waals surface area contributed by atoms with Gasteiger partial charge in [-0.3, -0.25) is 4.79 Å². The largest absolute Gasteiger partial charge is 0.396 e. The van der Waals surface area contributed by atoms with E-state index < -0.39 is 0 Å². The van der Waals surface area contributed by atoms with Crippen LogP contribution in [0.4, 0.5) is 0 Å². The first kappa shape index (κ1) is 10.7. The summed E-state index contributed by atoms with van der Waals surface area (Å²) in [6, 6.07) is 7.90. The van der Waals surface area contributed by atoms with Crippen LogP contribution in [0.3, 0.4) is 0 Å². The molecular formula is C11H15NO2. The van der Waals surface area contributed by atoms with E-state index in [1.54, 1.807) is 0 Å². The summed E-state index contributed by atoms with van der Waals surface area (Å²) in [4.78, 5) is 11.1. The van der Waals surface area contributed by atoms with E-state index in [1.807, 2.05) is 31.2 Å². The van der Waals surface area contributed by atoms with E-state index in [-0.39, 0.29) is 18.9 Å². The molecule has 0 heterocycles. The highest BCUT2D eigenvalue weighted by atomic mass is 16.3. The molecule has 0 aromatic heterocycles. The first-order chi connectivity index (χ1) is 6.74. The Morgan fingerprint density at radius 1 is 1.43 bits per heavy atom. The number of nitrogens with one attached hydrogen (secondary N) is 1. The summed E-state index contributed by atoms with van der Waals surface area (Å²) < 4.78 is 0. The van der Waals surface area contributed by atoms with E-state index in [0.29, 0.717) is 6.54 Å². The lowest BCUT2D eigenvalue weighted by molar-refractivity contribution is -0.121. The molecule has 76 valence electrons. The monoisotopic (exact) mass is 193 g/mol. The highest BCUT2D eigenvalue weighted by Crippen LogP contribution is 2.05. The molecule has 0 saturated carbocycles. The fourth-order valence-electron chi connectivity index (χ4n) is 1.19. The van der Waals surface area contributed by atoms with Crippen LogP contribution in [0, 0.1) is 6.92 Å². The molecule has 0 bridgehead atoms. The lowest BCUT2D eigenvalue weighted by Gasteiger charge is -2.06. The van der Waals surface area contributed by atoms with Crippen LogP contribution in [0.25, 0.3) is 0 Å². The predicted octanol–water partition coefficient (Wildman–Crippen LogP) is 0.994. The highest BCUT2D eigenvalue weighted by molar-refractivity contribution is 5.75. The van der Waals surface area contributed by atoms with Crippen molar-refractivity contribution in [1.82, 2.24) is 5.32 Å². The zero-order chi connectivity index (χ0) is 10.4. The number of rotatable bonds is 4. The maximum Gasteiger partial charge on any atom is 0.222 e. The average molecular weight is 193 g/mol. The van der Waals surface area contributed by atoms with E-state index in [1.165, 1.54) is 0 Å². The summed E-state index contributed by atoms with van der Waals surface area (Å²) in [6.07, 6.45) is 0.173. The molecule has 2 N–H and O–H groups in total. The minimum absolute atomic E-state index is 0.0976. The third-order valence-electron chi connectivity index (χ3n) is 2.08. The molecule has 0 aliphatic heterocycles. The second-order valence-corrected chi connectivity index (χ2v) is 3.18. The van der Waals surface area contributed by atoms with Crippen molar-refractivity contribution in [1.29, 1.82) is 0 Å². The second kappa shape index (κ2) is 5.40. The molecule has 1 amide bonds. The zero-order valence-electron chi connectivity index (χ0n) is 8.29. The fraction of sp³-hybridized carbons (Fsp3) is 0.364. The van der Waals surface area contributed by atoms with Crippen molar-refractivity contribution in [2.45, 2.75) is 19.9 Å². The Morgan fingerprint density at radius 3 is 2.79 bits per heavy atom. The van der Waals surface area contributed by atoms with Crippen LogP contribution < -0.4 is 5.32 Å². The van der Waals surface area contributed by atoms with Crippen LogP contribution in [0.15, 0.2) is 24.3 Å². The number of carbonyl (C=O) groups excluding carboxylic acids is 1. The van der Waals surface area contributed by atoms with E-state index in [4.69, 9.17) is 5.11 Å². The van der Waals surface area contributed by atoms with E-state index >= 15 is 0 Å². The van der Waals surface area contributed by atoms with Crippen molar-refractivity contribution in [2.24, 2.45) is 0 Å². The predicted molar refractivity (Wildman–Crippen MR) is 54.7 cm³/mol. The SMILES string of the molecule is Cc1ccccc1CNC(=O)CCO. The van der Waals surface area contributed by atoms with Crippen LogP contribution in [0.2, 0.25) is 0 Å². The molecule has 0 spiro atoms. The normalized spacial score (nSPS) is 9.86. The molecule has 1 aromatic carbocycles. The van der Waals surface area contributed by atoms with Crippen molar-refractivity contribution < 1.29 is 9.90 Å². The molecular weight excluding hydrogens is 178 g/mol. The van der Waals surface area contributed by atoms with Gasteiger partial charge < -0.3 is 10.4 Å². The van der Waals surface area contributed by atoms with Crippen LogP contribution >= 0.6 is 0 Å². The van der Waals surface area contributed by atoms with Crippen LogP contribution in [-0.4, -0.2) is 17.6 Å². The molecule has 0 aliphatic rings. The number of benzene rings is 1. The van der Waals surface area contributed by atoms with E-state index in [2.05, 4.69) is 5.32 Å². The lowest BCUT2D eigenvalue weighted by Crippen LogP contribution is -2.23. The third kappa shape index (κ3) is 3.18. The first-order valence-corrected chi connectivity index (χ1v) is 4.66. The van der Waals surface area contributed by atoms with Gasteiger partial charge >= 0.3 is 0 Å². The summed E-state index contributed by atoms with van der Waals surface area (Å²) in [5.74, 6) is -0.115. The lowest BCUT2D eigenvalue weighted by atomic mass is 10.1. The Labute approximate surface area is 83.8 Å². The Balaban J connectivity index is 2.46. The number of aliphatic hydroxyl groups is 1. The maximum atomic E-state index is 11.1. The number of carbonyl (C=O) groups is 1. The van der Waals surface area contributed by atoms with Gasteiger partial charge in [0.05, 0.1) is 6.61 Å². The highest BCUT2D eigenvalue weighted by Gasteiger charge is 2.00. The molecule has 0 fully saturated rings. The van der Waals surface area contributed by atoms with Crippen molar-refractivity contribution in [2.75, 3.05) is 6.61 Å². The van der Waals surface area contributed by atoms with Crippen LogP contribution in [-0.2, 0) is 11.3 Å². The minimum atomic E-state index is -0.115. The van der Waals surface area contributed by atoms with Gasteiger partial charge in [0.1, 0.15) is 0 Å². The molecule has 0 radical (unpaired) electrons. The average Bonchev–Trinajstić information content (AvgIpc) is 2.17. The summed E-state index contributed by atoms with van der Waals surface area (Å²) in [5.41, 5.74) is 2.27. The quantitative estimate of drug-likeness (QED) is 0.749. The Kier molecular flexibility index (Phi) is 4.13. The number of aliphatic hydroxyl groups excluding tert-OH is 1. The molecule has 0 unspecified atom stereocenters. The van der Waals surface area contributed by atoms with Crippen LogP contribution in [0.5, 0.6) is 0 Å². The second-order valence-electron chi connectivity index (χ2n) is 3.18. The van der Waals surface area contributed by atoms with Gasteiger partial charge in [-0.2, -0.15) is 0 Å². The molecule has 3 nitrogen and oxygen atoms in total. The zero-order valence-corrected chi connectivity index (χ0v) is 8.29. The van der Waals surface area contributed by atoms with E-state index in [0.717, 1.165) is 11.1 Å². The minimum Gasteiger partial charge on any atom is -0.396 e. The standard InChI is InChI=1S/C11H15NO2/c1-9-4-2-3-5-10(9)8-12-11(14)6-7-13/h2-5,13H,6-8H2,1H3,(H,12,14). The molecule has 0 saturated heterocycles. The summed E-state index contributed by atoms with van der Waals surface area (Å²) >= 11 is 0. The van der Waals surface area contributed by atoms with Gasteiger partial charge in [0.2, 0.25) is 5.91 Å². The number of amides is 1. The van der Waals surface area contributed by atoms with Crippen molar-refractivity contribution in [3.63, 3.8) is 0 Å². The topological polar surface area (TPSA) is 49.3 Å². The maximum absolute atomic E-state index is 11.1. The van der Waals surface area contributed by atoms with E-state index in [9.17, 15) is 4.79 Å². The molecule has 14 heavy (non-hydrogen) atoms. The molecule has 0 aliphatic carbocycles. The van der Waals surface area contributed by atoms with Gasteiger partial charge in [-0.1, -0.05) is 24.3 Å². The fourth-order valence-corrected chi connectivity index (χ4v) is 1.19.